The zero-order valence-electron chi connectivity index (χ0n) is 24.7. The van der Waals surface area contributed by atoms with Crippen molar-refractivity contribution in [1.29, 1.82) is 0 Å². The molecule has 6 heteroatoms. The van der Waals surface area contributed by atoms with Crippen LogP contribution in [0.25, 0.3) is 59.4 Å². The van der Waals surface area contributed by atoms with E-state index in [1.54, 1.807) is 11.3 Å². The van der Waals surface area contributed by atoms with Crippen molar-refractivity contribution in [3.63, 3.8) is 0 Å². The lowest BCUT2D eigenvalue weighted by molar-refractivity contribution is 0.00578. The molecule has 0 bridgehead atoms. The largest absolute Gasteiger partial charge is 0.494 e. The van der Waals surface area contributed by atoms with Crippen molar-refractivity contribution >= 4 is 55.9 Å². The molecule has 1 aliphatic rings. The molecule has 8 rings (SSSR count). The first-order valence-electron chi connectivity index (χ1n) is 14.7. The Kier molecular flexibility index (Phi) is 5.92. The van der Waals surface area contributed by atoms with Gasteiger partial charge >= 0.3 is 7.12 Å². The lowest BCUT2D eigenvalue weighted by Gasteiger charge is -2.32. The average Bonchev–Trinajstić information content (AvgIpc) is 3.67. The van der Waals surface area contributed by atoms with Crippen LogP contribution in [0.4, 0.5) is 0 Å². The molecule has 1 aliphatic heterocycles. The van der Waals surface area contributed by atoms with Gasteiger partial charge < -0.3 is 13.9 Å². The minimum absolute atomic E-state index is 0.381. The summed E-state index contributed by atoms with van der Waals surface area (Å²) >= 11 is 1.76. The summed E-state index contributed by atoms with van der Waals surface area (Å²) in [5, 5.41) is 3.47. The molecular weight excluding hydrogens is 547 g/mol. The van der Waals surface area contributed by atoms with Gasteiger partial charge in [-0.2, -0.15) is 0 Å². The third kappa shape index (κ3) is 4.24. The molecule has 210 valence electrons. The summed E-state index contributed by atoms with van der Waals surface area (Å²) in [4.78, 5) is 5.05. The summed E-state index contributed by atoms with van der Waals surface area (Å²) in [5.41, 5.74) is 8.24. The van der Waals surface area contributed by atoms with E-state index in [9.17, 15) is 0 Å². The SMILES string of the molecule is CC1(C)OB(c2cccc(-c3ccc4c(c3)c3ccc5nc(-c6ccccc6)sc5c3n4-c3ccccc3)c2)OC1(C)C. The Balaban J connectivity index is 1.31. The quantitative estimate of drug-likeness (QED) is 0.196. The number of fused-ring (bicyclic) bond motifs is 5. The van der Waals surface area contributed by atoms with Crippen molar-refractivity contribution in [2.45, 2.75) is 38.9 Å². The summed E-state index contributed by atoms with van der Waals surface area (Å²) in [5.74, 6) is 0. The summed E-state index contributed by atoms with van der Waals surface area (Å²) in [6.45, 7) is 8.37. The first-order valence-corrected chi connectivity index (χ1v) is 15.6. The normalized spacial score (nSPS) is 16.0. The topological polar surface area (TPSA) is 36.3 Å². The van der Waals surface area contributed by atoms with Crippen molar-refractivity contribution in [2.24, 2.45) is 0 Å². The third-order valence-electron chi connectivity index (χ3n) is 9.06. The first-order chi connectivity index (χ1) is 20.8. The Hall–Kier alpha value is -4.23. The molecule has 1 saturated heterocycles. The number of hydrogen-bond donors (Lipinski definition) is 0. The fraction of sp³-hybridized carbons (Fsp3) is 0.162. The van der Waals surface area contributed by atoms with E-state index in [4.69, 9.17) is 14.3 Å². The molecule has 0 unspecified atom stereocenters. The van der Waals surface area contributed by atoms with E-state index in [-0.39, 0.29) is 11.2 Å². The van der Waals surface area contributed by atoms with Crippen LogP contribution in [0.2, 0.25) is 0 Å². The second-order valence-corrected chi connectivity index (χ2v) is 13.3. The van der Waals surface area contributed by atoms with Crippen LogP contribution in [0.15, 0.2) is 115 Å². The van der Waals surface area contributed by atoms with Gasteiger partial charge in [-0.05, 0) is 80.7 Å². The Bertz CT molecular complexity index is 2130. The molecule has 4 nitrogen and oxygen atoms in total. The van der Waals surface area contributed by atoms with E-state index in [1.165, 1.54) is 26.5 Å². The molecule has 0 aliphatic carbocycles. The van der Waals surface area contributed by atoms with Crippen LogP contribution in [0.1, 0.15) is 27.7 Å². The number of aromatic nitrogens is 2. The van der Waals surface area contributed by atoms with Gasteiger partial charge in [-0.1, -0.05) is 78.9 Å². The molecule has 3 heterocycles. The monoisotopic (exact) mass is 578 g/mol. The van der Waals surface area contributed by atoms with E-state index in [2.05, 4.69) is 141 Å². The van der Waals surface area contributed by atoms with E-state index in [0.29, 0.717) is 0 Å². The first kappa shape index (κ1) is 26.4. The van der Waals surface area contributed by atoms with Gasteiger partial charge in [0.25, 0.3) is 0 Å². The summed E-state index contributed by atoms with van der Waals surface area (Å²) < 4.78 is 16.3. The second-order valence-electron chi connectivity index (χ2n) is 12.3. The Morgan fingerprint density at radius 2 is 1.33 bits per heavy atom. The second kappa shape index (κ2) is 9.65. The van der Waals surface area contributed by atoms with Crippen LogP contribution < -0.4 is 5.46 Å². The Labute approximate surface area is 255 Å². The van der Waals surface area contributed by atoms with E-state index in [0.717, 1.165) is 38.4 Å². The minimum Gasteiger partial charge on any atom is -0.399 e. The lowest BCUT2D eigenvalue weighted by Crippen LogP contribution is -2.41. The van der Waals surface area contributed by atoms with Gasteiger partial charge in [0, 0.05) is 22.0 Å². The molecule has 7 aromatic rings. The van der Waals surface area contributed by atoms with Crippen molar-refractivity contribution in [3.8, 4) is 27.4 Å². The lowest BCUT2D eigenvalue weighted by atomic mass is 9.78. The highest BCUT2D eigenvalue weighted by atomic mass is 32.1. The zero-order valence-corrected chi connectivity index (χ0v) is 25.5. The Morgan fingerprint density at radius 3 is 2.07 bits per heavy atom. The smallest absolute Gasteiger partial charge is 0.399 e. The highest BCUT2D eigenvalue weighted by Gasteiger charge is 2.51. The number of rotatable bonds is 4. The van der Waals surface area contributed by atoms with Crippen molar-refractivity contribution in [2.75, 3.05) is 0 Å². The number of benzene rings is 5. The Morgan fingerprint density at radius 1 is 0.651 bits per heavy atom. The molecule has 0 saturated carbocycles. The summed E-state index contributed by atoms with van der Waals surface area (Å²) in [7, 11) is -0.396. The fourth-order valence-corrected chi connectivity index (χ4v) is 7.17. The number of hydrogen-bond acceptors (Lipinski definition) is 4. The third-order valence-corrected chi connectivity index (χ3v) is 10.2. The average molecular weight is 579 g/mol. The van der Waals surface area contributed by atoms with Crippen LogP contribution in [-0.2, 0) is 9.31 Å². The maximum absolute atomic E-state index is 6.37. The van der Waals surface area contributed by atoms with Gasteiger partial charge in [-0.25, -0.2) is 4.98 Å². The van der Waals surface area contributed by atoms with Crippen LogP contribution in [0.5, 0.6) is 0 Å². The standard InChI is InChI=1S/C37H31BN2O2S/c1-36(2)37(3,4)42-38(41-36)27-15-11-14-25(22-27)26-18-21-32-30(23-26)29-19-20-31-34(33(29)40(32)28-16-9-6-10-17-28)43-35(39-31)24-12-7-5-8-13-24/h5-23H,1-4H3. The van der Waals surface area contributed by atoms with E-state index < -0.39 is 7.12 Å². The van der Waals surface area contributed by atoms with Crippen molar-refractivity contribution < 1.29 is 9.31 Å². The highest BCUT2D eigenvalue weighted by molar-refractivity contribution is 7.22. The fourth-order valence-electron chi connectivity index (χ4n) is 6.06. The van der Waals surface area contributed by atoms with Gasteiger partial charge in [-0.15, -0.1) is 11.3 Å². The van der Waals surface area contributed by atoms with Gasteiger partial charge in [0.05, 0.1) is 32.5 Å². The van der Waals surface area contributed by atoms with E-state index >= 15 is 0 Å². The molecular formula is C37H31BN2O2S. The van der Waals surface area contributed by atoms with Gasteiger partial charge in [-0.3, -0.25) is 0 Å². The molecule has 1 fully saturated rings. The highest BCUT2D eigenvalue weighted by Crippen LogP contribution is 2.42. The van der Waals surface area contributed by atoms with Crippen LogP contribution in [-0.4, -0.2) is 27.9 Å². The van der Waals surface area contributed by atoms with Gasteiger partial charge in [0.1, 0.15) is 5.01 Å². The maximum atomic E-state index is 6.37. The van der Waals surface area contributed by atoms with Gasteiger partial charge in [0.15, 0.2) is 0 Å². The predicted octanol–water partition coefficient (Wildman–Crippen LogP) is 9.03. The van der Waals surface area contributed by atoms with Crippen LogP contribution >= 0.6 is 11.3 Å². The summed E-state index contributed by atoms with van der Waals surface area (Å²) in [6, 6.07) is 40.8. The molecule has 0 amide bonds. The number of para-hydroxylation sites is 1. The van der Waals surface area contributed by atoms with Crippen LogP contribution in [0, 0.1) is 0 Å². The molecule has 0 atom stereocenters. The van der Waals surface area contributed by atoms with Crippen molar-refractivity contribution in [1.82, 2.24) is 9.55 Å². The molecule has 5 aromatic carbocycles. The summed E-state index contributed by atoms with van der Waals surface area (Å²) in [6.07, 6.45) is 0. The molecule has 43 heavy (non-hydrogen) atoms. The molecule has 0 spiro atoms. The van der Waals surface area contributed by atoms with Crippen LogP contribution in [0.3, 0.4) is 0 Å². The molecule has 0 radical (unpaired) electrons. The molecule has 2 aromatic heterocycles. The maximum Gasteiger partial charge on any atom is 0.494 e. The number of nitrogens with zero attached hydrogens (tertiary/aromatic N) is 2. The zero-order chi connectivity index (χ0) is 29.3. The predicted molar refractivity (Wildman–Crippen MR) is 181 cm³/mol. The van der Waals surface area contributed by atoms with Crippen molar-refractivity contribution in [3.05, 3.63) is 115 Å². The molecule has 0 N–H and O–H groups in total. The van der Waals surface area contributed by atoms with Gasteiger partial charge in [0.2, 0.25) is 0 Å². The minimum atomic E-state index is -0.396. The number of thiazole rings is 1. The van der Waals surface area contributed by atoms with E-state index in [1.807, 2.05) is 6.07 Å².